The van der Waals surface area contributed by atoms with Crippen LogP contribution in [0.3, 0.4) is 0 Å². The highest BCUT2D eigenvalue weighted by Crippen LogP contribution is 2.72. The minimum Gasteiger partial charge on any atom is -0.463 e. The molecule has 2 aliphatic carbocycles. The van der Waals surface area contributed by atoms with Crippen LogP contribution >= 0.6 is 0 Å². The number of urea groups is 1. The third-order valence-electron chi connectivity index (χ3n) is 13.3. The number of amides is 4. The number of hydrogen-bond donors (Lipinski definition) is 5. The number of epoxide rings is 1. The molecule has 4 amide bonds. The average molecular weight is 872 g/mol. The predicted octanol–water partition coefficient (Wildman–Crippen LogP) is 2.31. The zero-order valence-electron chi connectivity index (χ0n) is 36.6. The van der Waals surface area contributed by atoms with Gasteiger partial charge in [0.15, 0.2) is 0 Å². The maximum Gasteiger partial charge on any atom is 0.347 e. The lowest BCUT2D eigenvalue weighted by Crippen LogP contribution is -2.67. The monoisotopic (exact) mass is 871 g/mol. The fraction of sp³-hybridized carbons (Fsp3) is 0.705. The molecule has 62 heavy (non-hydrogen) atoms. The molecular weight excluding hydrogens is 807 g/mol. The fourth-order valence-corrected chi connectivity index (χ4v) is 9.43. The third kappa shape index (κ3) is 10.9. The molecule has 3 heterocycles. The van der Waals surface area contributed by atoms with Gasteiger partial charge in [0, 0.05) is 42.9 Å². The molecule has 18 heteroatoms. The van der Waals surface area contributed by atoms with Crippen molar-refractivity contribution in [2.24, 2.45) is 34.1 Å². The zero-order valence-corrected chi connectivity index (χ0v) is 36.6. The van der Waals surface area contributed by atoms with Gasteiger partial charge < -0.3 is 55.8 Å². The Hall–Kier alpha value is -4.81. The van der Waals surface area contributed by atoms with Gasteiger partial charge in [0.1, 0.15) is 30.4 Å². The molecule has 0 radical (unpaired) electrons. The number of ether oxygens (including phenoxy) is 6. The lowest BCUT2D eigenvalue weighted by atomic mass is 9.51. The maximum absolute atomic E-state index is 14.5. The van der Waals surface area contributed by atoms with Gasteiger partial charge in [0.05, 0.1) is 30.8 Å². The van der Waals surface area contributed by atoms with Gasteiger partial charge in [-0.15, -0.1) is 0 Å². The van der Waals surface area contributed by atoms with E-state index in [2.05, 4.69) is 16.0 Å². The first-order chi connectivity index (χ1) is 29.5. The molecule has 1 unspecified atom stereocenters. The summed E-state index contributed by atoms with van der Waals surface area (Å²) in [5, 5.41) is 7.94. The first kappa shape index (κ1) is 48.2. The molecule has 1 saturated carbocycles. The molecule has 3 aliphatic heterocycles. The molecular formula is C44H65N5O13. The van der Waals surface area contributed by atoms with Gasteiger partial charge >= 0.3 is 29.9 Å². The Morgan fingerprint density at radius 2 is 1.69 bits per heavy atom. The molecule has 2 bridgehead atoms. The molecule has 18 nitrogen and oxygen atoms in total. The highest BCUT2D eigenvalue weighted by molar-refractivity contribution is 5.91. The highest BCUT2D eigenvalue weighted by Gasteiger charge is 2.83. The number of esters is 4. The average Bonchev–Trinajstić information content (AvgIpc) is 4.01. The lowest BCUT2D eigenvalue weighted by molar-refractivity contribution is -0.235. The number of allylic oxidation sites excluding steroid dienone is 3. The molecule has 3 fully saturated rings. The molecule has 5 aliphatic rings. The van der Waals surface area contributed by atoms with Crippen molar-refractivity contribution < 1.29 is 62.0 Å². The van der Waals surface area contributed by atoms with E-state index in [0.717, 1.165) is 24.5 Å². The Bertz CT molecular complexity index is 1780. The molecule has 2 spiro atoms. The Kier molecular flexibility index (Phi) is 16.4. The Balaban J connectivity index is 1.43. The van der Waals surface area contributed by atoms with Gasteiger partial charge in [0.25, 0.3) is 0 Å². The van der Waals surface area contributed by atoms with Crippen LogP contribution in [0.5, 0.6) is 0 Å². The standard InChI is InChI=1S/C44H65N5O13/c1-26(2)36(49-33(50)13-7-6-10-19-45)38(53)48-29(12-11-20-47-41(46)56)39(54)62-37-28(4)17-21-57-34(51)14-8-9-15-35(52)61-30-23-32-44(25-59-44)42(30,5)43(24-58-40(37)55)18-16-27(3)22-31(43)60-32/h8-9,14-15,22,26,28-32,36-37H,6-7,10-13,16-21,23-25,45H2,1-5H3,(H,48,53)(H,49,50)(H3,46,47,56)/b14-8+,15-9-/t28-,29+,30-,31?,32-,36+,37+,42-,43-,44+/m1/s1. The van der Waals surface area contributed by atoms with E-state index in [0.29, 0.717) is 38.8 Å². The summed E-state index contributed by atoms with van der Waals surface area (Å²) in [5.74, 6) is -5.30. The van der Waals surface area contributed by atoms with Crippen molar-refractivity contribution in [3.8, 4) is 0 Å². The number of rotatable bonds is 15. The van der Waals surface area contributed by atoms with E-state index >= 15 is 0 Å². The SMILES string of the molecule is CC1=CC2O[C@@H]3C[C@H]4OC(=O)/C=C\C=C\C(=O)OCC[C@@H](C)[C@H](OC(=O)[C@H](CCCNC(N)=O)NC(=O)[C@@H](NC(=O)CCCCCN)C(C)C)C(=O)OC[C@@]2(CC1)[C@]4(C)[C@]31CO1. The van der Waals surface area contributed by atoms with Gasteiger partial charge in [-0.25, -0.2) is 24.0 Å². The third-order valence-corrected chi connectivity index (χ3v) is 13.3. The fourth-order valence-electron chi connectivity index (χ4n) is 9.43. The van der Waals surface area contributed by atoms with Gasteiger partial charge in [0.2, 0.25) is 17.9 Å². The van der Waals surface area contributed by atoms with Crippen molar-refractivity contribution in [3.05, 3.63) is 36.0 Å². The summed E-state index contributed by atoms with van der Waals surface area (Å²) in [4.78, 5) is 92.5. The number of carbonyl (C=O) groups is 7. The summed E-state index contributed by atoms with van der Waals surface area (Å²) in [7, 11) is 0. The van der Waals surface area contributed by atoms with E-state index in [1.807, 2.05) is 19.9 Å². The van der Waals surface area contributed by atoms with Crippen molar-refractivity contribution in [1.29, 1.82) is 0 Å². The van der Waals surface area contributed by atoms with Crippen LogP contribution in [0.2, 0.25) is 0 Å². The van der Waals surface area contributed by atoms with Crippen LogP contribution < -0.4 is 27.4 Å². The minimum atomic E-state index is -1.54. The Morgan fingerprint density at radius 3 is 2.37 bits per heavy atom. The molecule has 2 saturated heterocycles. The summed E-state index contributed by atoms with van der Waals surface area (Å²) in [6, 6.07) is -3.11. The molecule has 0 aromatic carbocycles. The second-order valence-corrected chi connectivity index (χ2v) is 17.8. The molecule has 7 N–H and O–H groups in total. The number of hydrogen-bond acceptors (Lipinski definition) is 14. The van der Waals surface area contributed by atoms with Crippen molar-refractivity contribution >= 4 is 41.7 Å². The minimum absolute atomic E-state index is 0.0349. The largest absolute Gasteiger partial charge is 0.463 e. The Morgan fingerprint density at radius 1 is 0.968 bits per heavy atom. The second kappa shape index (κ2) is 21.0. The maximum atomic E-state index is 14.5. The van der Waals surface area contributed by atoms with Gasteiger partial charge in [-0.05, 0) is 64.3 Å². The first-order valence-electron chi connectivity index (χ1n) is 21.9. The second-order valence-electron chi connectivity index (χ2n) is 17.8. The molecule has 344 valence electrons. The van der Waals surface area contributed by atoms with Crippen molar-refractivity contribution in [1.82, 2.24) is 16.0 Å². The summed E-state index contributed by atoms with van der Waals surface area (Å²) in [5.41, 5.74) is 9.32. The molecule has 5 rings (SSSR count). The normalized spacial score (nSPS) is 32.9. The van der Waals surface area contributed by atoms with Crippen molar-refractivity contribution in [2.75, 3.05) is 32.9 Å². The van der Waals surface area contributed by atoms with Crippen LogP contribution in [0.15, 0.2) is 36.0 Å². The summed E-state index contributed by atoms with van der Waals surface area (Å²) >= 11 is 0. The number of unbranched alkanes of at least 4 members (excludes halogenated alkanes) is 2. The van der Waals surface area contributed by atoms with E-state index < -0.39 is 94.7 Å². The number of cyclic esters (lactones) is 2. The number of nitrogens with one attached hydrogen (secondary N) is 3. The molecule has 10 atom stereocenters. The quantitative estimate of drug-likeness (QED) is 0.0520. The number of carbonyl (C=O) groups excluding carboxylic acids is 7. The van der Waals surface area contributed by atoms with Crippen molar-refractivity contribution in [3.63, 3.8) is 0 Å². The predicted molar refractivity (Wildman–Crippen MR) is 222 cm³/mol. The molecule has 0 aromatic heterocycles. The topological polar surface area (TPSA) is 266 Å². The number of nitrogens with two attached hydrogens (primary N) is 2. The van der Waals surface area contributed by atoms with E-state index in [-0.39, 0.29) is 57.3 Å². The molecule has 0 aromatic rings. The lowest BCUT2D eigenvalue weighted by Gasteiger charge is -2.58. The van der Waals surface area contributed by atoms with Crippen molar-refractivity contribution in [2.45, 2.75) is 141 Å². The van der Waals surface area contributed by atoms with Crippen LogP contribution in [-0.4, -0.2) is 117 Å². The van der Waals surface area contributed by atoms with E-state index in [9.17, 15) is 33.6 Å². The number of primary amides is 1. The van der Waals surface area contributed by atoms with Crippen LogP contribution in [0.4, 0.5) is 4.79 Å². The van der Waals surface area contributed by atoms with Crippen LogP contribution in [0, 0.1) is 22.7 Å². The zero-order chi connectivity index (χ0) is 45.2. The van der Waals surface area contributed by atoms with Crippen LogP contribution in [-0.2, 0) is 57.2 Å². The highest BCUT2D eigenvalue weighted by atomic mass is 16.6. The van der Waals surface area contributed by atoms with Gasteiger partial charge in [-0.2, -0.15) is 0 Å². The Labute approximate surface area is 362 Å². The van der Waals surface area contributed by atoms with Gasteiger partial charge in [-0.1, -0.05) is 57.9 Å². The summed E-state index contributed by atoms with van der Waals surface area (Å²) in [6.07, 6.45) is 8.04. The summed E-state index contributed by atoms with van der Waals surface area (Å²) in [6.45, 7) is 9.74. The smallest absolute Gasteiger partial charge is 0.347 e. The van der Waals surface area contributed by atoms with Gasteiger partial charge in [-0.3, -0.25) is 9.59 Å². The van der Waals surface area contributed by atoms with Crippen LogP contribution in [0.25, 0.3) is 0 Å². The van der Waals surface area contributed by atoms with E-state index in [1.54, 1.807) is 20.8 Å². The first-order valence-corrected chi connectivity index (χ1v) is 21.9. The van der Waals surface area contributed by atoms with E-state index in [1.165, 1.54) is 18.2 Å². The van der Waals surface area contributed by atoms with Crippen LogP contribution in [0.1, 0.15) is 98.8 Å². The summed E-state index contributed by atoms with van der Waals surface area (Å²) < 4.78 is 36.6. The van der Waals surface area contributed by atoms with E-state index in [4.69, 9.17) is 39.9 Å².